The first kappa shape index (κ1) is 63.1. The van der Waals surface area contributed by atoms with E-state index >= 15 is 0 Å². The lowest BCUT2D eigenvalue weighted by molar-refractivity contribution is -0.124. The second kappa shape index (κ2) is 56.4. The van der Waals surface area contributed by atoms with E-state index < -0.39 is 0 Å². The SMILES string of the molecule is CCCCCCCCC=CCCCCCC(CCC(=O)CCCCCCCCCCCCCCCCCCCCC)C(=O)CCCCCCCCCCCCCCCCCCCCC. The fraction of sp³-hybridized carbons (Fsp3) is 0.935. The molecule has 1 atom stereocenters. The van der Waals surface area contributed by atoms with E-state index in [1.807, 2.05) is 0 Å². The van der Waals surface area contributed by atoms with Crippen molar-refractivity contribution in [1.29, 1.82) is 0 Å². The smallest absolute Gasteiger partial charge is 0.135 e. The van der Waals surface area contributed by atoms with E-state index in [9.17, 15) is 9.59 Å². The summed E-state index contributed by atoms with van der Waals surface area (Å²) < 4.78 is 0. The van der Waals surface area contributed by atoms with Crippen LogP contribution >= 0.6 is 0 Å². The molecule has 0 amide bonds. The summed E-state index contributed by atoms with van der Waals surface area (Å²) in [7, 11) is 0. The minimum atomic E-state index is 0.104. The summed E-state index contributed by atoms with van der Waals surface area (Å²) in [5, 5.41) is 0. The van der Waals surface area contributed by atoms with Crippen molar-refractivity contribution in [3.8, 4) is 0 Å². The lowest BCUT2D eigenvalue weighted by Crippen LogP contribution is -2.16. The number of hydrogen-bond acceptors (Lipinski definition) is 2. The van der Waals surface area contributed by atoms with Gasteiger partial charge in [0.05, 0.1) is 0 Å². The normalized spacial score (nSPS) is 12.2. The van der Waals surface area contributed by atoms with Crippen LogP contribution in [0.25, 0.3) is 0 Å². The first-order valence-corrected chi connectivity index (χ1v) is 30.3. The molecule has 0 aliphatic heterocycles. The van der Waals surface area contributed by atoms with Gasteiger partial charge in [0.15, 0.2) is 0 Å². The van der Waals surface area contributed by atoms with Crippen LogP contribution in [-0.2, 0) is 9.59 Å². The summed E-state index contributed by atoms with van der Waals surface area (Å²) in [6, 6.07) is 0. The predicted octanol–water partition coefficient (Wildman–Crippen LogP) is 22.4. The average Bonchev–Trinajstić information content (AvgIpc) is 3.30. The van der Waals surface area contributed by atoms with Crippen LogP contribution in [0.3, 0.4) is 0 Å². The molecule has 0 aromatic rings. The van der Waals surface area contributed by atoms with Crippen molar-refractivity contribution >= 4 is 11.6 Å². The fourth-order valence-corrected chi connectivity index (χ4v) is 10.0. The lowest BCUT2D eigenvalue weighted by Gasteiger charge is -2.16. The molecular weight excluding hydrogens is 777 g/mol. The van der Waals surface area contributed by atoms with Crippen LogP contribution in [0.15, 0.2) is 12.2 Å². The Labute approximate surface area is 405 Å². The first-order chi connectivity index (χ1) is 31.7. The molecule has 2 heteroatoms. The van der Waals surface area contributed by atoms with Gasteiger partial charge in [0.25, 0.3) is 0 Å². The van der Waals surface area contributed by atoms with Crippen molar-refractivity contribution in [2.45, 2.75) is 367 Å². The number of hydrogen-bond donors (Lipinski definition) is 0. The second-order valence-electron chi connectivity index (χ2n) is 21.1. The Balaban J connectivity index is 4.15. The molecule has 0 N–H and O–H groups in total. The van der Waals surface area contributed by atoms with Crippen molar-refractivity contribution in [2.75, 3.05) is 0 Å². The molecule has 0 bridgehead atoms. The van der Waals surface area contributed by atoms with Crippen molar-refractivity contribution in [1.82, 2.24) is 0 Å². The van der Waals surface area contributed by atoms with Crippen molar-refractivity contribution in [3.05, 3.63) is 12.2 Å². The number of unbranched alkanes of at least 4 members (excludes halogenated alkanes) is 45. The molecule has 0 aliphatic carbocycles. The van der Waals surface area contributed by atoms with E-state index in [4.69, 9.17) is 0 Å². The highest BCUT2D eigenvalue weighted by Gasteiger charge is 2.19. The van der Waals surface area contributed by atoms with Gasteiger partial charge in [-0.25, -0.2) is 0 Å². The Morgan fingerprint density at radius 1 is 0.266 bits per heavy atom. The van der Waals surface area contributed by atoms with Crippen molar-refractivity contribution in [3.63, 3.8) is 0 Å². The quantitative estimate of drug-likeness (QED) is 0.0450. The Bertz CT molecular complexity index is 920. The van der Waals surface area contributed by atoms with Crippen LogP contribution in [-0.4, -0.2) is 11.6 Å². The summed E-state index contributed by atoms with van der Waals surface area (Å²) in [4.78, 5) is 26.5. The molecule has 2 nitrogen and oxygen atoms in total. The molecular formula is C62H120O2. The molecule has 0 saturated carbocycles. The summed E-state index contributed by atoms with van der Waals surface area (Å²) in [5.74, 6) is 0.971. The zero-order valence-electron chi connectivity index (χ0n) is 44.7. The summed E-state index contributed by atoms with van der Waals surface area (Å²) in [6.45, 7) is 6.89. The number of carbonyl (C=O) groups is 2. The molecule has 380 valence electrons. The molecule has 0 spiro atoms. The van der Waals surface area contributed by atoms with Gasteiger partial charge in [0.2, 0.25) is 0 Å². The highest BCUT2D eigenvalue weighted by molar-refractivity contribution is 5.83. The van der Waals surface area contributed by atoms with Crippen LogP contribution in [0.2, 0.25) is 0 Å². The molecule has 0 aliphatic rings. The minimum Gasteiger partial charge on any atom is -0.300 e. The topological polar surface area (TPSA) is 34.1 Å². The van der Waals surface area contributed by atoms with Gasteiger partial charge in [0, 0.05) is 25.2 Å². The standard InChI is InChI=1S/C62H120O2/c1-4-7-10-13-16-19-22-25-27-29-31-33-35-38-41-44-47-50-53-56-61(63)59-58-60(55-52-49-46-43-40-37-24-21-18-15-12-9-6-3)62(64)57-54-51-48-45-42-39-36-34-32-30-28-26-23-20-17-14-11-8-5-2/h37,40,60H,4-36,38-39,41-59H2,1-3H3. The molecule has 0 aromatic heterocycles. The van der Waals surface area contributed by atoms with E-state index in [2.05, 4.69) is 32.9 Å². The third kappa shape index (κ3) is 52.1. The van der Waals surface area contributed by atoms with E-state index in [1.165, 1.54) is 295 Å². The molecule has 0 saturated heterocycles. The van der Waals surface area contributed by atoms with E-state index in [-0.39, 0.29) is 5.92 Å². The van der Waals surface area contributed by atoms with Gasteiger partial charge in [-0.05, 0) is 51.4 Å². The molecule has 0 radical (unpaired) electrons. The lowest BCUT2D eigenvalue weighted by atomic mass is 9.88. The first-order valence-electron chi connectivity index (χ1n) is 30.3. The van der Waals surface area contributed by atoms with Crippen molar-refractivity contribution < 1.29 is 9.59 Å². The van der Waals surface area contributed by atoms with E-state index in [0.717, 1.165) is 44.9 Å². The maximum atomic E-state index is 13.5. The second-order valence-corrected chi connectivity index (χ2v) is 21.1. The number of allylic oxidation sites excluding steroid dienone is 2. The van der Waals surface area contributed by atoms with Crippen LogP contribution < -0.4 is 0 Å². The van der Waals surface area contributed by atoms with Crippen molar-refractivity contribution in [2.24, 2.45) is 5.92 Å². The third-order valence-corrected chi connectivity index (χ3v) is 14.6. The van der Waals surface area contributed by atoms with Gasteiger partial charge < -0.3 is 0 Å². The predicted molar refractivity (Wildman–Crippen MR) is 289 cm³/mol. The van der Waals surface area contributed by atoms with Gasteiger partial charge in [0.1, 0.15) is 11.6 Å². The maximum Gasteiger partial charge on any atom is 0.135 e. The number of ketones is 2. The van der Waals surface area contributed by atoms with E-state index in [0.29, 0.717) is 18.0 Å². The Hall–Kier alpha value is -0.920. The van der Waals surface area contributed by atoms with Gasteiger partial charge in [-0.15, -0.1) is 0 Å². The fourth-order valence-electron chi connectivity index (χ4n) is 10.0. The Morgan fingerprint density at radius 2 is 0.516 bits per heavy atom. The summed E-state index contributed by atoms with van der Waals surface area (Å²) in [5.41, 5.74) is 0. The molecule has 64 heavy (non-hydrogen) atoms. The van der Waals surface area contributed by atoms with Crippen LogP contribution in [0.5, 0.6) is 0 Å². The molecule has 1 unspecified atom stereocenters. The third-order valence-electron chi connectivity index (χ3n) is 14.6. The number of carbonyl (C=O) groups excluding carboxylic acids is 2. The zero-order valence-corrected chi connectivity index (χ0v) is 44.7. The molecule has 0 fully saturated rings. The number of rotatable bonds is 57. The zero-order chi connectivity index (χ0) is 46.3. The monoisotopic (exact) mass is 897 g/mol. The van der Waals surface area contributed by atoms with Gasteiger partial charge >= 0.3 is 0 Å². The van der Waals surface area contributed by atoms with E-state index in [1.54, 1.807) is 0 Å². The Kier molecular flexibility index (Phi) is 55.6. The largest absolute Gasteiger partial charge is 0.300 e. The molecule has 0 aromatic carbocycles. The highest BCUT2D eigenvalue weighted by Crippen LogP contribution is 2.23. The summed E-state index contributed by atoms with van der Waals surface area (Å²) in [6.07, 6.45) is 75.3. The van der Waals surface area contributed by atoms with Crippen LogP contribution in [0.1, 0.15) is 367 Å². The van der Waals surface area contributed by atoms with Crippen LogP contribution in [0.4, 0.5) is 0 Å². The Morgan fingerprint density at radius 3 is 0.828 bits per heavy atom. The summed E-state index contributed by atoms with van der Waals surface area (Å²) >= 11 is 0. The van der Waals surface area contributed by atoms with Gasteiger partial charge in [-0.3, -0.25) is 9.59 Å². The molecule has 0 rings (SSSR count). The maximum absolute atomic E-state index is 13.5. The minimum absolute atomic E-state index is 0.104. The van der Waals surface area contributed by atoms with Gasteiger partial charge in [-0.2, -0.15) is 0 Å². The van der Waals surface area contributed by atoms with Gasteiger partial charge in [-0.1, -0.05) is 309 Å². The molecule has 0 heterocycles. The van der Waals surface area contributed by atoms with Crippen LogP contribution in [0, 0.1) is 5.92 Å². The highest BCUT2D eigenvalue weighted by atomic mass is 16.1. The number of Topliss-reactive ketones (excluding diaryl/α,β-unsaturated/α-hetero) is 2. The average molecular weight is 898 g/mol.